The molecule has 2 bridgehead atoms. The number of hydrogen-bond acceptors (Lipinski definition) is 7. The molecule has 2 aliphatic heterocycles. The molecule has 1 aromatic heterocycles. The Morgan fingerprint density at radius 3 is 2.36 bits per heavy atom. The largest absolute Gasteiger partial charge is 0.508 e. The smallest absolute Gasteiger partial charge is 0.317 e. The van der Waals surface area contributed by atoms with Gasteiger partial charge >= 0.3 is 16.8 Å². The fourth-order valence-electron chi connectivity index (χ4n) is 6.77. The number of ether oxygens (including phenoxy) is 1. The summed E-state index contributed by atoms with van der Waals surface area (Å²) in [4.78, 5) is 39.2. The van der Waals surface area contributed by atoms with Crippen molar-refractivity contribution in [2.45, 2.75) is 22.6 Å². The molecule has 0 amide bonds. The Bertz CT molecular complexity index is 1380. The SMILES string of the molecule is O=C1OC(=O)[C@H]2[C@H]3C[C@H]([C@@H]12)[C@H]1[C@@H](c2ccccc2O)c2sc(=O)n(-c4ccccc4)c2S[C@@H]31. The number of phenols is 1. The van der Waals surface area contributed by atoms with Crippen LogP contribution in [-0.2, 0) is 14.3 Å². The summed E-state index contributed by atoms with van der Waals surface area (Å²) < 4.78 is 6.82. The number of cyclic esters (lactones) is 2. The van der Waals surface area contributed by atoms with E-state index >= 15 is 0 Å². The van der Waals surface area contributed by atoms with Crippen LogP contribution in [0.3, 0.4) is 0 Å². The lowest BCUT2D eigenvalue weighted by Gasteiger charge is -2.43. The fraction of sp³-hybridized carbons (Fsp3) is 0.320. The molecule has 166 valence electrons. The first-order valence-electron chi connectivity index (χ1n) is 11.1. The third kappa shape index (κ3) is 2.53. The van der Waals surface area contributed by atoms with Crippen LogP contribution in [0.5, 0.6) is 5.75 Å². The van der Waals surface area contributed by atoms with E-state index in [1.165, 1.54) is 11.3 Å². The molecule has 33 heavy (non-hydrogen) atoms. The standard InChI is InChI=1S/C25H19NO5S2/c27-15-9-5-4-8-12(15)16-17-13-10-14(19-18(13)23(28)31-24(19)29)20(17)32-22-21(16)33-25(30)26(22)11-6-2-1-3-7-11/h1-9,13-14,16-20,27H,10H2/t13-,14+,16+,17-,18+,19-,20-/m0/s1. The summed E-state index contributed by atoms with van der Waals surface area (Å²) in [6, 6.07) is 16.8. The molecule has 1 saturated heterocycles. The highest BCUT2D eigenvalue weighted by Crippen LogP contribution is 2.69. The van der Waals surface area contributed by atoms with Crippen LogP contribution in [0, 0.1) is 29.6 Å². The zero-order valence-electron chi connectivity index (χ0n) is 17.3. The van der Waals surface area contributed by atoms with Gasteiger partial charge in [0.2, 0.25) is 0 Å². The van der Waals surface area contributed by atoms with E-state index in [-0.39, 0.29) is 39.5 Å². The second-order valence-electron chi connectivity index (χ2n) is 9.26. The summed E-state index contributed by atoms with van der Waals surface area (Å²) in [5.41, 5.74) is 1.58. The second-order valence-corrected chi connectivity index (χ2v) is 11.4. The fourth-order valence-corrected chi connectivity index (χ4v) is 9.93. The molecular formula is C25H19NO5S2. The zero-order valence-corrected chi connectivity index (χ0v) is 18.9. The number of aromatic hydroxyl groups is 1. The van der Waals surface area contributed by atoms with Crippen molar-refractivity contribution in [2.24, 2.45) is 29.6 Å². The van der Waals surface area contributed by atoms with Gasteiger partial charge in [-0.15, -0.1) is 11.8 Å². The monoisotopic (exact) mass is 477 g/mol. The number of esters is 2. The summed E-state index contributed by atoms with van der Waals surface area (Å²) >= 11 is 2.88. The van der Waals surface area contributed by atoms with Crippen molar-refractivity contribution in [2.75, 3.05) is 0 Å². The van der Waals surface area contributed by atoms with Crippen molar-refractivity contribution in [1.82, 2.24) is 4.57 Å². The van der Waals surface area contributed by atoms with Crippen LogP contribution in [0.25, 0.3) is 5.69 Å². The van der Waals surface area contributed by atoms with Gasteiger partial charge in [-0.2, -0.15) is 0 Å². The zero-order chi connectivity index (χ0) is 22.4. The normalized spacial score (nSPS) is 33.5. The predicted octanol–water partition coefficient (Wildman–Crippen LogP) is 3.79. The Labute approximate surface area is 197 Å². The first-order chi connectivity index (χ1) is 16.0. The molecule has 2 aliphatic carbocycles. The van der Waals surface area contributed by atoms with Gasteiger partial charge in [-0.3, -0.25) is 19.0 Å². The topological polar surface area (TPSA) is 85.6 Å². The van der Waals surface area contributed by atoms with Crippen molar-refractivity contribution < 1.29 is 19.4 Å². The number of carbonyl (C=O) groups excluding carboxylic acids is 2. The maximum absolute atomic E-state index is 13.2. The molecule has 3 aromatic rings. The number of carbonyl (C=O) groups is 2. The van der Waals surface area contributed by atoms with Crippen molar-refractivity contribution in [3.63, 3.8) is 0 Å². The average molecular weight is 478 g/mol. The minimum Gasteiger partial charge on any atom is -0.508 e. The third-order valence-corrected chi connectivity index (χ3v) is 10.6. The van der Waals surface area contributed by atoms with Crippen LogP contribution >= 0.6 is 23.1 Å². The molecular weight excluding hydrogens is 458 g/mol. The van der Waals surface area contributed by atoms with Crippen LogP contribution in [0.15, 0.2) is 64.4 Å². The molecule has 7 rings (SSSR count). The van der Waals surface area contributed by atoms with Gasteiger partial charge in [0.05, 0.1) is 22.5 Å². The molecule has 0 spiro atoms. The third-order valence-electron chi connectivity index (χ3n) is 7.89. The van der Waals surface area contributed by atoms with E-state index < -0.39 is 23.8 Å². The highest BCUT2D eigenvalue weighted by atomic mass is 32.2. The molecule has 1 N–H and O–H groups in total. The maximum atomic E-state index is 13.2. The average Bonchev–Trinajstić information content (AvgIpc) is 3.53. The quantitative estimate of drug-likeness (QED) is 0.447. The van der Waals surface area contributed by atoms with Gasteiger partial charge in [0.1, 0.15) is 5.75 Å². The number of thioether (sulfide) groups is 1. The van der Waals surface area contributed by atoms with Gasteiger partial charge in [0.15, 0.2) is 0 Å². The Balaban J connectivity index is 1.45. The van der Waals surface area contributed by atoms with Crippen LogP contribution in [0.1, 0.15) is 22.8 Å². The van der Waals surface area contributed by atoms with E-state index in [4.69, 9.17) is 4.74 Å². The molecule has 2 aromatic carbocycles. The Morgan fingerprint density at radius 2 is 1.61 bits per heavy atom. The van der Waals surface area contributed by atoms with Gasteiger partial charge in [-0.05, 0) is 42.4 Å². The summed E-state index contributed by atoms with van der Waals surface area (Å²) in [6.07, 6.45) is 0.799. The van der Waals surface area contributed by atoms with Crippen molar-refractivity contribution in [1.29, 1.82) is 0 Å². The van der Waals surface area contributed by atoms with Crippen molar-refractivity contribution in [3.8, 4) is 11.4 Å². The van der Waals surface area contributed by atoms with E-state index in [1.807, 2.05) is 42.5 Å². The Kier molecular flexibility index (Phi) is 4.06. The number of rotatable bonds is 2. The highest BCUT2D eigenvalue weighted by Gasteiger charge is 2.69. The second kappa shape index (κ2) is 6.84. The van der Waals surface area contributed by atoms with E-state index in [0.29, 0.717) is 0 Å². The lowest BCUT2D eigenvalue weighted by Crippen LogP contribution is -2.43. The van der Waals surface area contributed by atoms with Gasteiger partial charge in [-0.25, -0.2) is 0 Å². The predicted molar refractivity (Wildman–Crippen MR) is 123 cm³/mol. The number of hydrogen-bond donors (Lipinski definition) is 1. The van der Waals surface area contributed by atoms with Gasteiger partial charge in [0, 0.05) is 21.6 Å². The Hall–Kier alpha value is -2.84. The molecule has 0 unspecified atom stereocenters. The van der Waals surface area contributed by atoms with Crippen molar-refractivity contribution >= 4 is 35.0 Å². The molecule has 8 heteroatoms. The number of phenolic OH excluding ortho intramolecular Hbond substituents is 1. The van der Waals surface area contributed by atoms with Crippen molar-refractivity contribution in [3.05, 3.63) is 74.7 Å². The van der Waals surface area contributed by atoms with E-state index in [1.54, 1.807) is 28.5 Å². The number of thiazole rings is 1. The molecule has 0 radical (unpaired) electrons. The number of fused-ring (bicyclic) bond motifs is 9. The maximum Gasteiger partial charge on any atom is 0.317 e. The minimum absolute atomic E-state index is 0.00316. The summed E-state index contributed by atoms with van der Waals surface area (Å²) in [5.74, 6) is -1.56. The minimum atomic E-state index is -0.410. The summed E-state index contributed by atoms with van der Waals surface area (Å²) in [5, 5.41) is 11.8. The van der Waals surface area contributed by atoms with Crippen LogP contribution in [0.2, 0.25) is 0 Å². The summed E-state index contributed by atoms with van der Waals surface area (Å²) in [7, 11) is 0. The van der Waals surface area contributed by atoms with Gasteiger partial charge in [0.25, 0.3) is 0 Å². The first kappa shape index (κ1) is 19.6. The lowest BCUT2D eigenvalue weighted by atomic mass is 9.68. The lowest BCUT2D eigenvalue weighted by molar-refractivity contribution is -0.154. The van der Waals surface area contributed by atoms with Crippen LogP contribution in [0.4, 0.5) is 0 Å². The van der Waals surface area contributed by atoms with E-state index in [2.05, 4.69) is 0 Å². The van der Waals surface area contributed by atoms with Crippen LogP contribution < -0.4 is 4.87 Å². The van der Waals surface area contributed by atoms with Crippen LogP contribution in [-0.4, -0.2) is 26.9 Å². The molecule has 3 fully saturated rings. The van der Waals surface area contributed by atoms with E-state index in [0.717, 1.165) is 27.6 Å². The molecule has 3 heterocycles. The summed E-state index contributed by atoms with van der Waals surface area (Å²) in [6.45, 7) is 0. The first-order valence-corrected chi connectivity index (χ1v) is 12.8. The number of benzene rings is 2. The number of aromatic nitrogens is 1. The number of para-hydroxylation sites is 2. The number of nitrogens with zero attached hydrogens (tertiary/aromatic N) is 1. The van der Waals surface area contributed by atoms with Gasteiger partial charge in [-0.1, -0.05) is 47.7 Å². The Morgan fingerprint density at radius 1 is 0.909 bits per heavy atom. The molecule has 2 saturated carbocycles. The van der Waals surface area contributed by atoms with E-state index in [9.17, 15) is 19.5 Å². The molecule has 4 aliphatic rings. The highest BCUT2D eigenvalue weighted by molar-refractivity contribution is 8.00. The van der Waals surface area contributed by atoms with Gasteiger partial charge < -0.3 is 9.84 Å². The molecule has 7 atom stereocenters. The molecule has 6 nitrogen and oxygen atoms in total.